The fourth-order valence-corrected chi connectivity index (χ4v) is 3.42. The van der Waals surface area contributed by atoms with E-state index in [0.717, 1.165) is 36.9 Å². The van der Waals surface area contributed by atoms with Gasteiger partial charge in [-0.15, -0.1) is 0 Å². The predicted molar refractivity (Wildman–Crippen MR) is 98.2 cm³/mol. The van der Waals surface area contributed by atoms with Gasteiger partial charge in [-0.3, -0.25) is 9.59 Å². The SMILES string of the molecule is C=CC(=O)NCCCCC1Cc2ccc(-c3ccc(=O)[nH]n3)cc2C1. The Morgan fingerprint density at radius 2 is 2.08 bits per heavy atom. The minimum atomic E-state index is -0.186. The zero-order chi connectivity index (χ0) is 17.6. The minimum absolute atomic E-state index is 0.100. The van der Waals surface area contributed by atoms with Gasteiger partial charge in [0.15, 0.2) is 0 Å². The molecule has 0 bridgehead atoms. The first-order chi connectivity index (χ1) is 12.2. The molecule has 2 N–H and O–H groups in total. The van der Waals surface area contributed by atoms with Gasteiger partial charge in [0.1, 0.15) is 0 Å². The highest BCUT2D eigenvalue weighted by Gasteiger charge is 2.21. The molecule has 1 heterocycles. The van der Waals surface area contributed by atoms with Gasteiger partial charge in [-0.05, 0) is 60.9 Å². The Morgan fingerprint density at radius 1 is 1.24 bits per heavy atom. The van der Waals surface area contributed by atoms with Crippen LogP contribution in [0.3, 0.4) is 0 Å². The Balaban J connectivity index is 1.52. The number of hydrogen-bond donors (Lipinski definition) is 2. The Bertz CT molecular complexity index is 805. The molecule has 1 aromatic carbocycles. The summed E-state index contributed by atoms with van der Waals surface area (Å²) in [6.07, 6.45) is 6.80. The van der Waals surface area contributed by atoms with Crippen LogP contribution in [0.4, 0.5) is 0 Å². The van der Waals surface area contributed by atoms with Crippen molar-refractivity contribution in [3.63, 3.8) is 0 Å². The van der Waals surface area contributed by atoms with Gasteiger partial charge in [0.2, 0.25) is 5.91 Å². The van der Waals surface area contributed by atoms with E-state index < -0.39 is 0 Å². The lowest BCUT2D eigenvalue weighted by Gasteiger charge is -2.08. The molecule has 1 aliphatic rings. The molecule has 1 atom stereocenters. The zero-order valence-corrected chi connectivity index (χ0v) is 14.3. The van der Waals surface area contributed by atoms with E-state index in [-0.39, 0.29) is 11.5 Å². The number of benzene rings is 1. The van der Waals surface area contributed by atoms with E-state index in [9.17, 15) is 9.59 Å². The third-order valence-electron chi connectivity index (χ3n) is 4.72. The molecule has 0 saturated carbocycles. The fourth-order valence-electron chi connectivity index (χ4n) is 3.42. The fraction of sp³-hybridized carbons (Fsp3) is 0.350. The van der Waals surface area contributed by atoms with Crippen LogP contribution < -0.4 is 10.9 Å². The molecule has 1 amide bonds. The minimum Gasteiger partial charge on any atom is -0.353 e. The molecular formula is C20H23N3O2. The van der Waals surface area contributed by atoms with Crippen molar-refractivity contribution >= 4 is 5.91 Å². The molecule has 1 aromatic heterocycles. The molecule has 130 valence electrons. The molecule has 0 aliphatic heterocycles. The second kappa shape index (κ2) is 7.92. The number of hydrogen-bond acceptors (Lipinski definition) is 3. The Kier molecular flexibility index (Phi) is 5.43. The second-order valence-corrected chi connectivity index (χ2v) is 6.56. The first kappa shape index (κ1) is 17.1. The molecule has 1 aliphatic carbocycles. The smallest absolute Gasteiger partial charge is 0.264 e. The zero-order valence-electron chi connectivity index (χ0n) is 14.3. The van der Waals surface area contributed by atoms with E-state index in [1.165, 1.54) is 29.7 Å². The van der Waals surface area contributed by atoms with Crippen LogP contribution in [0.2, 0.25) is 0 Å². The van der Waals surface area contributed by atoms with E-state index in [2.05, 4.69) is 40.3 Å². The lowest BCUT2D eigenvalue weighted by atomic mass is 9.99. The number of nitrogens with zero attached hydrogens (tertiary/aromatic N) is 1. The van der Waals surface area contributed by atoms with E-state index in [0.29, 0.717) is 12.5 Å². The number of nitrogens with one attached hydrogen (secondary N) is 2. The maximum absolute atomic E-state index is 11.1. The highest BCUT2D eigenvalue weighted by molar-refractivity contribution is 5.86. The van der Waals surface area contributed by atoms with Gasteiger partial charge in [-0.1, -0.05) is 25.1 Å². The molecule has 0 spiro atoms. The van der Waals surface area contributed by atoms with Crippen LogP contribution >= 0.6 is 0 Å². The number of amides is 1. The lowest BCUT2D eigenvalue weighted by molar-refractivity contribution is -0.116. The molecule has 0 saturated heterocycles. The third-order valence-corrected chi connectivity index (χ3v) is 4.72. The van der Waals surface area contributed by atoms with E-state index >= 15 is 0 Å². The van der Waals surface area contributed by atoms with Crippen LogP contribution in [0.1, 0.15) is 30.4 Å². The second-order valence-electron chi connectivity index (χ2n) is 6.56. The van der Waals surface area contributed by atoms with Gasteiger partial charge >= 0.3 is 0 Å². The maximum Gasteiger partial charge on any atom is 0.264 e. The van der Waals surface area contributed by atoms with E-state index in [4.69, 9.17) is 0 Å². The Labute approximate surface area is 147 Å². The Morgan fingerprint density at radius 3 is 2.84 bits per heavy atom. The molecule has 25 heavy (non-hydrogen) atoms. The molecule has 5 heteroatoms. The monoisotopic (exact) mass is 337 g/mol. The van der Waals surface area contributed by atoms with Crippen LogP contribution in [0.25, 0.3) is 11.3 Å². The lowest BCUT2D eigenvalue weighted by Crippen LogP contribution is -2.21. The van der Waals surface area contributed by atoms with Crippen molar-refractivity contribution in [3.8, 4) is 11.3 Å². The molecule has 5 nitrogen and oxygen atoms in total. The van der Waals surface area contributed by atoms with Crippen molar-refractivity contribution in [1.29, 1.82) is 0 Å². The quantitative estimate of drug-likeness (QED) is 0.602. The van der Waals surface area contributed by atoms with Gasteiger partial charge in [-0.2, -0.15) is 5.10 Å². The van der Waals surface area contributed by atoms with E-state index in [1.54, 1.807) is 6.07 Å². The summed E-state index contributed by atoms with van der Waals surface area (Å²) in [6.45, 7) is 4.16. The summed E-state index contributed by atoms with van der Waals surface area (Å²) in [4.78, 5) is 22.2. The van der Waals surface area contributed by atoms with Crippen molar-refractivity contribution in [1.82, 2.24) is 15.5 Å². The standard InChI is InChI=1S/C20H23N3O2/c1-2-19(24)21-10-4-3-5-14-11-15-6-7-16(13-17(15)12-14)18-8-9-20(25)23-22-18/h2,6-9,13-14H,1,3-5,10-12H2,(H,21,24)(H,23,25). The van der Waals surface area contributed by atoms with Crippen LogP contribution in [-0.2, 0) is 17.6 Å². The number of aromatic amines is 1. The molecular weight excluding hydrogens is 314 g/mol. The topological polar surface area (TPSA) is 74.8 Å². The molecule has 0 fully saturated rings. The van der Waals surface area contributed by atoms with Gasteiger partial charge < -0.3 is 5.32 Å². The summed E-state index contributed by atoms with van der Waals surface area (Å²) in [5, 5.41) is 9.41. The number of aromatic nitrogens is 2. The van der Waals surface area contributed by atoms with Crippen LogP contribution in [-0.4, -0.2) is 22.6 Å². The number of rotatable bonds is 7. The summed E-state index contributed by atoms with van der Waals surface area (Å²) in [5.74, 6) is 0.570. The largest absolute Gasteiger partial charge is 0.353 e. The van der Waals surface area contributed by atoms with Crippen molar-refractivity contribution in [2.75, 3.05) is 6.54 Å². The van der Waals surface area contributed by atoms with Gasteiger partial charge in [0.25, 0.3) is 5.56 Å². The van der Waals surface area contributed by atoms with Gasteiger partial charge in [0.05, 0.1) is 5.69 Å². The summed E-state index contributed by atoms with van der Waals surface area (Å²) in [6, 6.07) is 9.71. The highest BCUT2D eigenvalue weighted by Crippen LogP contribution is 2.32. The summed E-state index contributed by atoms with van der Waals surface area (Å²) in [7, 11) is 0. The number of carbonyl (C=O) groups is 1. The highest BCUT2D eigenvalue weighted by atomic mass is 16.1. The van der Waals surface area contributed by atoms with Crippen LogP contribution in [0.15, 0.2) is 47.8 Å². The first-order valence-corrected chi connectivity index (χ1v) is 8.74. The predicted octanol–water partition coefficient (Wildman–Crippen LogP) is 2.62. The molecule has 0 radical (unpaired) electrons. The molecule has 1 unspecified atom stereocenters. The van der Waals surface area contributed by atoms with Crippen molar-refractivity contribution in [3.05, 3.63) is 64.5 Å². The summed E-state index contributed by atoms with van der Waals surface area (Å²) >= 11 is 0. The third kappa shape index (κ3) is 4.44. The van der Waals surface area contributed by atoms with E-state index in [1.807, 2.05) is 0 Å². The number of H-pyrrole nitrogens is 1. The van der Waals surface area contributed by atoms with Gasteiger partial charge in [-0.25, -0.2) is 5.10 Å². The van der Waals surface area contributed by atoms with Crippen LogP contribution in [0.5, 0.6) is 0 Å². The van der Waals surface area contributed by atoms with Crippen LogP contribution in [0, 0.1) is 5.92 Å². The normalized spacial score (nSPS) is 15.6. The van der Waals surface area contributed by atoms with Gasteiger partial charge in [0, 0.05) is 18.2 Å². The summed E-state index contributed by atoms with van der Waals surface area (Å²) < 4.78 is 0. The Hall–Kier alpha value is -2.69. The summed E-state index contributed by atoms with van der Waals surface area (Å²) in [5.41, 5.74) is 4.45. The number of fused-ring (bicyclic) bond motifs is 1. The molecule has 2 aromatic rings. The van der Waals surface area contributed by atoms with Crippen molar-refractivity contribution < 1.29 is 4.79 Å². The first-order valence-electron chi connectivity index (χ1n) is 8.74. The average Bonchev–Trinajstić information content (AvgIpc) is 3.03. The average molecular weight is 337 g/mol. The maximum atomic E-state index is 11.1. The number of carbonyl (C=O) groups excluding carboxylic acids is 1. The van der Waals surface area contributed by atoms with Crippen molar-refractivity contribution in [2.24, 2.45) is 5.92 Å². The van der Waals surface area contributed by atoms with Crippen molar-refractivity contribution in [2.45, 2.75) is 32.1 Å². The number of unbranched alkanes of at least 4 members (excludes halogenated alkanes) is 1. The molecule has 3 rings (SSSR count).